The molecule has 3 heterocycles. The summed E-state index contributed by atoms with van der Waals surface area (Å²) in [7, 11) is 0. The van der Waals surface area contributed by atoms with Gasteiger partial charge in [0.2, 0.25) is 0 Å². The van der Waals surface area contributed by atoms with Gasteiger partial charge >= 0.3 is 0 Å². The number of hydrogen-bond acceptors (Lipinski definition) is 3. The van der Waals surface area contributed by atoms with Crippen molar-refractivity contribution < 1.29 is 4.74 Å². The van der Waals surface area contributed by atoms with E-state index in [1.807, 2.05) is 0 Å². The zero-order chi connectivity index (χ0) is 11.2. The van der Waals surface area contributed by atoms with Gasteiger partial charge in [-0.1, -0.05) is 12.1 Å². The minimum Gasteiger partial charge on any atom is -0.489 e. The van der Waals surface area contributed by atoms with E-state index in [2.05, 4.69) is 34.1 Å². The molecule has 0 aliphatic carbocycles. The summed E-state index contributed by atoms with van der Waals surface area (Å²) >= 11 is 0. The molecule has 90 valence electrons. The highest BCUT2D eigenvalue weighted by atomic mass is 16.5. The lowest BCUT2D eigenvalue weighted by atomic mass is 10.0. The fraction of sp³-hybridized carbons (Fsp3) is 0.571. The van der Waals surface area contributed by atoms with Crippen LogP contribution in [0.25, 0.3) is 0 Å². The van der Waals surface area contributed by atoms with Gasteiger partial charge in [0.05, 0.1) is 11.7 Å². The highest BCUT2D eigenvalue weighted by molar-refractivity contribution is 5.61. The normalized spacial score (nSPS) is 31.4. The average molecular weight is 230 g/mol. The van der Waals surface area contributed by atoms with Crippen molar-refractivity contribution in [2.24, 2.45) is 0 Å². The van der Waals surface area contributed by atoms with Gasteiger partial charge in [-0.15, -0.1) is 0 Å². The first-order valence-electron chi connectivity index (χ1n) is 6.64. The zero-order valence-electron chi connectivity index (χ0n) is 10.0. The van der Waals surface area contributed by atoms with E-state index in [0.717, 1.165) is 18.4 Å². The van der Waals surface area contributed by atoms with Gasteiger partial charge in [0.1, 0.15) is 12.4 Å². The molecule has 2 atom stereocenters. The number of rotatable bonds is 0. The first kappa shape index (κ1) is 9.77. The Kier molecular flexibility index (Phi) is 2.09. The minimum atomic E-state index is 0.555. The maximum Gasteiger partial charge on any atom is 0.142 e. The monoisotopic (exact) mass is 230 g/mol. The second-order valence-corrected chi connectivity index (χ2v) is 5.38. The quantitative estimate of drug-likeness (QED) is 0.675. The van der Waals surface area contributed by atoms with Crippen LogP contribution in [-0.4, -0.2) is 43.2 Å². The summed E-state index contributed by atoms with van der Waals surface area (Å²) in [5.74, 6) is 1.06. The molecule has 0 radical (unpaired) electrons. The minimum absolute atomic E-state index is 0.555. The molecule has 2 saturated heterocycles. The maximum absolute atomic E-state index is 5.87. The number of hydrogen-bond donors (Lipinski definition) is 0. The molecule has 4 rings (SSSR count). The molecule has 0 N–H and O–H groups in total. The lowest BCUT2D eigenvalue weighted by Crippen LogP contribution is -2.59. The summed E-state index contributed by atoms with van der Waals surface area (Å²) in [5, 5.41) is 0. The third-order valence-corrected chi connectivity index (χ3v) is 4.40. The Morgan fingerprint density at radius 1 is 1.12 bits per heavy atom. The lowest BCUT2D eigenvalue weighted by Gasteiger charge is -2.47. The first-order chi connectivity index (χ1) is 8.42. The second kappa shape index (κ2) is 3.64. The molecular weight excluding hydrogens is 212 g/mol. The highest BCUT2D eigenvalue weighted by Crippen LogP contribution is 2.37. The Labute approximate surface area is 102 Å². The SMILES string of the molecule is c1ccc2c(c1)OCC1CN3CCC[C@H]3CN21. The summed E-state index contributed by atoms with van der Waals surface area (Å²) in [6.07, 6.45) is 2.74. The van der Waals surface area contributed by atoms with E-state index < -0.39 is 0 Å². The van der Waals surface area contributed by atoms with Crippen LogP contribution in [0.5, 0.6) is 5.75 Å². The fourth-order valence-corrected chi connectivity index (χ4v) is 3.53. The van der Waals surface area contributed by atoms with Crippen LogP contribution in [-0.2, 0) is 0 Å². The molecular formula is C14H18N2O. The smallest absolute Gasteiger partial charge is 0.142 e. The molecule has 3 nitrogen and oxygen atoms in total. The molecule has 1 unspecified atom stereocenters. The molecule has 2 fully saturated rings. The number of anilines is 1. The van der Waals surface area contributed by atoms with E-state index >= 15 is 0 Å². The van der Waals surface area contributed by atoms with Crippen molar-refractivity contribution in [2.45, 2.75) is 24.9 Å². The number of ether oxygens (including phenoxy) is 1. The van der Waals surface area contributed by atoms with Crippen LogP contribution in [0.4, 0.5) is 5.69 Å². The van der Waals surface area contributed by atoms with Crippen LogP contribution >= 0.6 is 0 Å². The molecule has 0 bridgehead atoms. The second-order valence-electron chi connectivity index (χ2n) is 5.38. The molecule has 3 aliphatic heterocycles. The molecule has 0 saturated carbocycles. The van der Waals surface area contributed by atoms with Crippen LogP contribution in [0, 0.1) is 0 Å². The van der Waals surface area contributed by atoms with E-state index in [-0.39, 0.29) is 0 Å². The van der Waals surface area contributed by atoms with Crippen molar-refractivity contribution in [3.8, 4) is 5.75 Å². The van der Waals surface area contributed by atoms with Gasteiger partial charge in [0.25, 0.3) is 0 Å². The molecule has 3 aliphatic rings. The van der Waals surface area contributed by atoms with Crippen molar-refractivity contribution in [3.63, 3.8) is 0 Å². The van der Waals surface area contributed by atoms with Crippen molar-refractivity contribution in [3.05, 3.63) is 24.3 Å². The van der Waals surface area contributed by atoms with Crippen molar-refractivity contribution >= 4 is 5.69 Å². The van der Waals surface area contributed by atoms with Crippen LogP contribution in [0.1, 0.15) is 12.8 Å². The third-order valence-electron chi connectivity index (χ3n) is 4.40. The number of piperazine rings is 1. The number of benzene rings is 1. The van der Waals surface area contributed by atoms with Gasteiger partial charge in [-0.3, -0.25) is 4.90 Å². The average Bonchev–Trinajstić information content (AvgIpc) is 2.83. The topological polar surface area (TPSA) is 15.7 Å². The molecule has 1 aromatic carbocycles. The molecule has 1 aromatic rings. The summed E-state index contributed by atoms with van der Waals surface area (Å²) in [5.41, 5.74) is 1.30. The van der Waals surface area contributed by atoms with Gasteiger partial charge in [-0.05, 0) is 31.5 Å². The van der Waals surface area contributed by atoms with Gasteiger partial charge < -0.3 is 9.64 Å². The summed E-state index contributed by atoms with van der Waals surface area (Å²) < 4.78 is 5.87. The largest absolute Gasteiger partial charge is 0.489 e. The van der Waals surface area contributed by atoms with Crippen molar-refractivity contribution in [1.29, 1.82) is 0 Å². The standard InChI is InChI=1S/C14H18N2O/c1-2-6-14-13(5-1)16-9-11-4-3-7-15(11)8-12(16)10-17-14/h1-2,5-6,11-12H,3-4,7-10H2/t11-,12?/m0/s1. The molecule has 0 spiro atoms. The van der Waals surface area contributed by atoms with Crippen LogP contribution in [0.3, 0.4) is 0 Å². The first-order valence-corrected chi connectivity index (χ1v) is 6.64. The number of fused-ring (bicyclic) bond motifs is 4. The van der Waals surface area contributed by atoms with Crippen molar-refractivity contribution in [2.75, 3.05) is 31.1 Å². The van der Waals surface area contributed by atoms with Crippen LogP contribution < -0.4 is 9.64 Å². The Morgan fingerprint density at radius 2 is 2.06 bits per heavy atom. The Morgan fingerprint density at radius 3 is 3.06 bits per heavy atom. The van der Waals surface area contributed by atoms with Crippen LogP contribution in [0.15, 0.2) is 24.3 Å². The summed E-state index contributed by atoms with van der Waals surface area (Å²) in [6, 6.07) is 9.80. The molecule has 17 heavy (non-hydrogen) atoms. The number of nitrogens with zero attached hydrogens (tertiary/aromatic N) is 2. The van der Waals surface area contributed by atoms with Crippen molar-refractivity contribution in [1.82, 2.24) is 4.90 Å². The Hall–Kier alpha value is -1.22. The van der Waals surface area contributed by atoms with Gasteiger partial charge in [0.15, 0.2) is 0 Å². The summed E-state index contributed by atoms with van der Waals surface area (Å²) in [4.78, 5) is 5.23. The predicted octanol–water partition coefficient (Wildman–Crippen LogP) is 1.73. The van der Waals surface area contributed by atoms with Gasteiger partial charge in [-0.2, -0.15) is 0 Å². The van der Waals surface area contributed by atoms with E-state index in [1.54, 1.807) is 0 Å². The maximum atomic E-state index is 5.87. The van der Waals surface area contributed by atoms with Crippen LogP contribution in [0.2, 0.25) is 0 Å². The zero-order valence-corrected chi connectivity index (χ0v) is 10.0. The molecule has 3 heteroatoms. The Bertz CT molecular complexity index is 434. The number of para-hydroxylation sites is 2. The fourth-order valence-electron chi connectivity index (χ4n) is 3.53. The van der Waals surface area contributed by atoms with E-state index in [0.29, 0.717) is 6.04 Å². The van der Waals surface area contributed by atoms with E-state index in [4.69, 9.17) is 4.74 Å². The van der Waals surface area contributed by atoms with Gasteiger partial charge in [0, 0.05) is 19.1 Å². The third kappa shape index (κ3) is 1.45. The highest BCUT2D eigenvalue weighted by Gasteiger charge is 2.39. The lowest BCUT2D eigenvalue weighted by molar-refractivity contribution is 0.150. The molecule has 0 amide bonds. The van der Waals surface area contributed by atoms with E-state index in [9.17, 15) is 0 Å². The van der Waals surface area contributed by atoms with Gasteiger partial charge in [-0.25, -0.2) is 0 Å². The van der Waals surface area contributed by atoms with E-state index in [1.165, 1.54) is 38.2 Å². The summed E-state index contributed by atoms with van der Waals surface area (Å²) in [6.45, 7) is 4.50. The predicted molar refractivity (Wildman–Crippen MR) is 67.7 cm³/mol. The Balaban J connectivity index is 1.69. The molecule has 0 aromatic heterocycles.